The van der Waals surface area contributed by atoms with Crippen molar-refractivity contribution in [2.75, 3.05) is 36.0 Å². The molecule has 2 aromatic rings. The van der Waals surface area contributed by atoms with Gasteiger partial charge in [0.1, 0.15) is 0 Å². The van der Waals surface area contributed by atoms with Gasteiger partial charge in [0, 0.05) is 29.7 Å². The summed E-state index contributed by atoms with van der Waals surface area (Å²) in [4.78, 5) is 21.1. The van der Waals surface area contributed by atoms with Crippen LogP contribution in [0.5, 0.6) is 0 Å². The van der Waals surface area contributed by atoms with Crippen molar-refractivity contribution in [1.29, 1.82) is 0 Å². The number of nitrogen functional groups attached to an aromatic ring is 1. The first-order chi connectivity index (χ1) is 13.3. The van der Waals surface area contributed by atoms with Gasteiger partial charge in [-0.2, -0.15) is 4.98 Å². The van der Waals surface area contributed by atoms with Gasteiger partial charge in [-0.25, -0.2) is 9.78 Å². The number of carbonyl (C=O) groups is 1. The smallest absolute Gasteiger partial charge is 0.407 e. The van der Waals surface area contributed by atoms with E-state index in [-0.39, 0.29) is 12.0 Å². The van der Waals surface area contributed by atoms with Gasteiger partial charge in [-0.05, 0) is 43.0 Å². The molecule has 3 rings (SSSR count). The Morgan fingerprint density at radius 1 is 1.46 bits per heavy atom. The summed E-state index contributed by atoms with van der Waals surface area (Å²) in [6, 6.07) is 5.10. The highest BCUT2D eigenvalue weighted by atomic mass is 35.5. The van der Waals surface area contributed by atoms with Crippen molar-refractivity contribution in [1.82, 2.24) is 14.9 Å². The van der Waals surface area contributed by atoms with Gasteiger partial charge in [0.25, 0.3) is 0 Å². The maximum absolute atomic E-state index is 11.0. The molecule has 0 saturated carbocycles. The first-order valence-electron chi connectivity index (χ1n) is 8.89. The van der Waals surface area contributed by atoms with Crippen LogP contribution in [0.2, 0.25) is 10.0 Å². The number of nitrogens with two attached hydrogens (primary N) is 1. The number of halogens is 2. The third kappa shape index (κ3) is 4.88. The van der Waals surface area contributed by atoms with Crippen LogP contribution in [0.15, 0.2) is 24.4 Å². The van der Waals surface area contributed by atoms with Crippen molar-refractivity contribution in [3.05, 3.63) is 40.0 Å². The lowest BCUT2D eigenvalue weighted by Gasteiger charge is -2.18. The van der Waals surface area contributed by atoms with E-state index in [0.717, 1.165) is 12.0 Å². The van der Waals surface area contributed by atoms with Gasteiger partial charge in [-0.1, -0.05) is 23.2 Å². The number of rotatable bonds is 6. The van der Waals surface area contributed by atoms with Gasteiger partial charge >= 0.3 is 6.09 Å². The Hall–Kier alpha value is -2.45. The molecule has 1 aliphatic rings. The van der Waals surface area contributed by atoms with Crippen LogP contribution in [0.3, 0.4) is 0 Å². The highest BCUT2D eigenvalue weighted by Gasteiger charge is 2.25. The molecule has 28 heavy (non-hydrogen) atoms. The topological polar surface area (TPSA) is 116 Å². The number of aromatic nitrogens is 2. The van der Waals surface area contributed by atoms with E-state index in [9.17, 15) is 4.79 Å². The number of benzene rings is 1. The molecule has 150 valence electrons. The Labute approximate surface area is 173 Å². The number of hydrogen-bond acceptors (Lipinski definition) is 6. The molecule has 8 nitrogen and oxygen atoms in total. The minimum absolute atomic E-state index is 0.171. The van der Waals surface area contributed by atoms with Crippen LogP contribution in [-0.2, 0) is 0 Å². The SMILES string of the molecule is C[C@@H](Nc1nc(NCC2CCN(C(=O)O)C2)ncc1N)c1cc(Cl)ccc1Cl. The average molecular weight is 425 g/mol. The molecule has 0 spiro atoms. The standard InChI is InChI=1S/C18H22Cl2N6O2/c1-10(13-6-12(19)2-3-14(13)20)24-16-15(21)8-23-17(25-16)22-7-11-4-5-26(9-11)18(27)28/h2-3,6,8,10-11H,4-5,7,9,21H2,1H3,(H,27,28)(H2,22,23,24,25)/t10-,11?/m1/s1. The third-order valence-corrected chi connectivity index (χ3v) is 5.28. The third-order valence-electron chi connectivity index (χ3n) is 4.70. The maximum Gasteiger partial charge on any atom is 0.407 e. The van der Waals surface area contributed by atoms with Crippen LogP contribution in [0.1, 0.15) is 24.9 Å². The van der Waals surface area contributed by atoms with Crippen LogP contribution in [0.4, 0.5) is 22.2 Å². The first kappa shape index (κ1) is 20.3. The van der Waals surface area contributed by atoms with Crippen LogP contribution >= 0.6 is 23.2 Å². The summed E-state index contributed by atoms with van der Waals surface area (Å²) in [5.41, 5.74) is 7.25. The monoisotopic (exact) mass is 424 g/mol. The largest absolute Gasteiger partial charge is 0.465 e. The van der Waals surface area contributed by atoms with Crippen LogP contribution in [-0.4, -0.2) is 45.7 Å². The molecule has 0 aliphatic carbocycles. The van der Waals surface area contributed by atoms with E-state index in [1.807, 2.05) is 6.92 Å². The number of nitrogens with one attached hydrogen (secondary N) is 2. The predicted octanol–water partition coefficient (Wildman–Crippen LogP) is 3.95. The molecular weight excluding hydrogens is 403 g/mol. The van der Waals surface area contributed by atoms with E-state index in [0.29, 0.717) is 47.1 Å². The lowest BCUT2D eigenvalue weighted by atomic mass is 10.1. The lowest BCUT2D eigenvalue weighted by molar-refractivity contribution is 0.154. The summed E-state index contributed by atoms with van der Waals surface area (Å²) in [6.07, 6.45) is 1.46. The second kappa shape index (κ2) is 8.70. The molecule has 2 atom stereocenters. The summed E-state index contributed by atoms with van der Waals surface area (Å²) < 4.78 is 0. The van der Waals surface area contributed by atoms with Gasteiger partial charge in [-0.15, -0.1) is 0 Å². The van der Waals surface area contributed by atoms with Crippen molar-refractivity contribution in [3.63, 3.8) is 0 Å². The Morgan fingerprint density at radius 2 is 2.25 bits per heavy atom. The van der Waals surface area contributed by atoms with Gasteiger partial charge in [-0.3, -0.25) is 0 Å². The van der Waals surface area contributed by atoms with E-state index in [1.54, 1.807) is 18.2 Å². The fraction of sp³-hybridized carbons (Fsp3) is 0.389. The van der Waals surface area contributed by atoms with Crippen molar-refractivity contribution < 1.29 is 9.90 Å². The first-order valence-corrected chi connectivity index (χ1v) is 9.65. The maximum atomic E-state index is 11.0. The molecule has 2 heterocycles. The van der Waals surface area contributed by atoms with Crippen LogP contribution in [0.25, 0.3) is 0 Å². The summed E-state index contributed by atoms with van der Waals surface area (Å²) in [6.45, 7) is 3.58. The molecule has 0 radical (unpaired) electrons. The molecule has 1 saturated heterocycles. The van der Waals surface area contributed by atoms with Crippen molar-refractivity contribution >= 4 is 46.7 Å². The summed E-state index contributed by atoms with van der Waals surface area (Å²) in [5.74, 6) is 1.13. The number of likely N-dealkylation sites (tertiary alicyclic amines) is 1. The van der Waals surface area contributed by atoms with E-state index in [2.05, 4.69) is 20.6 Å². The lowest BCUT2D eigenvalue weighted by Crippen LogP contribution is -2.28. The number of amides is 1. The number of carboxylic acid groups (broad SMARTS) is 1. The van der Waals surface area contributed by atoms with Gasteiger partial charge in [0.05, 0.1) is 17.9 Å². The number of hydrogen-bond donors (Lipinski definition) is 4. The number of anilines is 3. The van der Waals surface area contributed by atoms with Crippen LogP contribution in [0, 0.1) is 5.92 Å². The quantitative estimate of drug-likeness (QED) is 0.554. The molecule has 1 aliphatic heterocycles. The van der Waals surface area contributed by atoms with Gasteiger partial charge < -0.3 is 26.4 Å². The second-order valence-electron chi connectivity index (χ2n) is 6.79. The zero-order valence-electron chi connectivity index (χ0n) is 15.3. The van der Waals surface area contributed by atoms with Gasteiger partial charge in [0.15, 0.2) is 5.82 Å². The van der Waals surface area contributed by atoms with E-state index in [4.69, 9.17) is 34.0 Å². The molecule has 0 bridgehead atoms. The van der Waals surface area contributed by atoms with E-state index in [1.165, 1.54) is 11.1 Å². The average Bonchev–Trinajstić information content (AvgIpc) is 3.13. The second-order valence-corrected chi connectivity index (χ2v) is 7.64. The minimum atomic E-state index is -0.883. The Morgan fingerprint density at radius 3 is 2.96 bits per heavy atom. The molecule has 10 heteroatoms. The molecule has 1 aromatic heterocycles. The molecule has 1 unspecified atom stereocenters. The highest BCUT2D eigenvalue weighted by Crippen LogP contribution is 2.29. The molecule has 1 aromatic carbocycles. The predicted molar refractivity (Wildman–Crippen MR) is 111 cm³/mol. The minimum Gasteiger partial charge on any atom is -0.465 e. The number of nitrogens with zero attached hydrogens (tertiary/aromatic N) is 3. The van der Waals surface area contributed by atoms with Crippen molar-refractivity contribution in [2.45, 2.75) is 19.4 Å². The Kier molecular flexibility index (Phi) is 6.31. The van der Waals surface area contributed by atoms with E-state index < -0.39 is 6.09 Å². The Bertz CT molecular complexity index is 866. The summed E-state index contributed by atoms with van der Waals surface area (Å²) in [7, 11) is 0. The Balaban J connectivity index is 1.64. The molecular formula is C18H22Cl2N6O2. The zero-order valence-corrected chi connectivity index (χ0v) is 16.8. The highest BCUT2D eigenvalue weighted by molar-refractivity contribution is 6.33. The van der Waals surface area contributed by atoms with Crippen molar-refractivity contribution in [3.8, 4) is 0 Å². The summed E-state index contributed by atoms with van der Waals surface area (Å²) in [5, 5.41) is 16.6. The fourth-order valence-corrected chi connectivity index (χ4v) is 3.59. The summed E-state index contributed by atoms with van der Waals surface area (Å²) >= 11 is 12.3. The molecule has 5 N–H and O–H groups in total. The van der Waals surface area contributed by atoms with Crippen molar-refractivity contribution in [2.24, 2.45) is 5.92 Å². The normalized spacial score (nSPS) is 17.4. The fourth-order valence-electron chi connectivity index (χ4n) is 3.13. The molecule has 1 amide bonds. The van der Waals surface area contributed by atoms with E-state index >= 15 is 0 Å². The molecule has 1 fully saturated rings. The van der Waals surface area contributed by atoms with Crippen LogP contribution < -0.4 is 16.4 Å². The zero-order chi connectivity index (χ0) is 20.3. The van der Waals surface area contributed by atoms with Gasteiger partial charge in [0.2, 0.25) is 5.95 Å².